The molecule has 0 fully saturated rings. The van der Waals surface area contributed by atoms with Crippen LogP contribution in [0.2, 0.25) is 0 Å². The summed E-state index contributed by atoms with van der Waals surface area (Å²) in [6, 6.07) is 11.3. The maximum absolute atomic E-state index is 13.7. The number of benzene rings is 2. The van der Waals surface area contributed by atoms with Crippen LogP contribution in [0.1, 0.15) is 12.0 Å². The van der Waals surface area contributed by atoms with Gasteiger partial charge in [-0.2, -0.15) is 11.8 Å². The van der Waals surface area contributed by atoms with Crippen LogP contribution in [0.3, 0.4) is 0 Å². The lowest BCUT2D eigenvalue weighted by atomic mass is 10.2. The molecule has 0 aliphatic carbocycles. The Labute approximate surface area is 158 Å². The van der Waals surface area contributed by atoms with Gasteiger partial charge in [0.25, 0.3) is 0 Å². The molecule has 24 heavy (non-hydrogen) atoms. The number of anilines is 1. The van der Waals surface area contributed by atoms with Crippen molar-refractivity contribution >= 4 is 50.7 Å². The van der Waals surface area contributed by atoms with Gasteiger partial charge < -0.3 is 10.6 Å². The van der Waals surface area contributed by atoms with Crippen LogP contribution in [-0.4, -0.2) is 17.4 Å². The van der Waals surface area contributed by atoms with Crippen molar-refractivity contribution in [2.45, 2.75) is 12.2 Å². The molecule has 2 N–H and O–H groups in total. The highest BCUT2D eigenvalue weighted by Gasteiger charge is 2.04. The zero-order valence-corrected chi connectivity index (χ0v) is 16.0. The number of hydrogen-bond donors (Lipinski definition) is 2. The Morgan fingerprint density at radius 2 is 1.88 bits per heavy atom. The Hall–Kier alpha value is -1.18. The van der Waals surface area contributed by atoms with E-state index in [1.54, 1.807) is 36.0 Å². The molecule has 0 aromatic heterocycles. The van der Waals surface area contributed by atoms with Crippen molar-refractivity contribution in [1.82, 2.24) is 5.32 Å². The van der Waals surface area contributed by atoms with Gasteiger partial charge in [-0.3, -0.25) is 0 Å². The van der Waals surface area contributed by atoms with Crippen LogP contribution in [0.15, 0.2) is 46.9 Å². The minimum absolute atomic E-state index is 0.212. The van der Waals surface area contributed by atoms with Crippen LogP contribution in [0, 0.1) is 11.6 Å². The van der Waals surface area contributed by atoms with E-state index in [9.17, 15) is 8.78 Å². The highest BCUT2D eigenvalue weighted by atomic mass is 79.9. The summed E-state index contributed by atoms with van der Waals surface area (Å²) in [4.78, 5) is 0. The van der Waals surface area contributed by atoms with E-state index in [0.717, 1.165) is 23.5 Å². The van der Waals surface area contributed by atoms with Gasteiger partial charge in [0.1, 0.15) is 11.6 Å². The second-order valence-electron chi connectivity index (χ2n) is 5.04. The van der Waals surface area contributed by atoms with Crippen molar-refractivity contribution in [3.8, 4) is 0 Å². The highest BCUT2D eigenvalue weighted by molar-refractivity contribution is 9.10. The number of thiocarbonyl (C=S) groups is 1. The molecule has 0 spiro atoms. The topological polar surface area (TPSA) is 24.1 Å². The van der Waals surface area contributed by atoms with Crippen LogP contribution >= 0.6 is 39.9 Å². The van der Waals surface area contributed by atoms with Gasteiger partial charge in [-0.1, -0.05) is 28.1 Å². The van der Waals surface area contributed by atoms with Gasteiger partial charge in [0, 0.05) is 16.8 Å². The first kappa shape index (κ1) is 19.1. The average Bonchev–Trinajstić information content (AvgIpc) is 2.55. The molecule has 2 rings (SSSR count). The lowest BCUT2D eigenvalue weighted by molar-refractivity contribution is 0.627. The fourth-order valence-electron chi connectivity index (χ4n) is 1.90. The third kappa shape index (κ3) is 6.75. The Morgan fingerprint density at radius 3 is 2.58 bits per heavy atom. The maximum atomic E-state index is 13.7. The molecule has 0 saturated heterocycles. The predicted molar refractivity (Wildman–Crippen MR) is 106 cm³/mol. The number of hydrogen-bond acceptors (Lipinski definition) is 2. The lowest BCUT2D eigenvalue weighted by Gasteiger charge is -2.11. The molecule has 2 nitrogen and oxygen atoms in total. The van der Waals surface area contributed by atoms with Crippen LogP contribution in [0.25, 0.3) is 0 Å². The molecule has 0 heterocycles. The second-order valence-corrected chi connectivity index (χ2v) is 7.47. The predicted octanol–water partition coefficient (Wildman–Crippen LogP) is 5.34. The van der Waals surface area contributed by atoms with Crippen LogP contribution in [0.5, 0.6) is 0 Å². The maximum Gasteiger partial charge on any atom is 0.170 e. The van der Waals surface area contributed by atoms with Crippen LogP contribution in [0.4, 0.5) is 14.5 Å². The molecule has 0 saturated carbocycles. The third-order valence-electron chi connectivity index (χ3n) is 3.11. The summed E-state index contributed by atoms with van der Waals surface area (Å²) in [5.41, 5.74) is 1.46. The Kier molecular flexibility index (Phi) is 7.94. The summed E-state index contributed by atoms with van der Waals surface area (Å²) in [5.74, 6) is 1.24. The molecule has 0 atom stereocenters. The van der Waals surface area contributed by atoms with Crippen molar-refractivity contribution in [2.24, 2.45) is 0 Å². The Bertz CT molecular complexity index is 681. The molecule has 0 amide bonds. The first-order valence-electron chi connectivity index (χ1n) is 7.36. The SMILES string of the molecule is Fc1ccc(CSCCCNC(=S)Nc2ccc(Br)cc2F)cc1. The first-order valence-corrected chi connectivity index (χ1v) is 9.72. The van der Waals surface area contributed by atoms with Crippen molar-refractivity contribution < 1.29 is 8.78 Å². The smallest absolute Gasteiger partial charge is 0.170 e. The van der Waals surface area contributed by atoms with Crippen molar-refractivity contribution in [2.75, 3.05) is 17.6 Å². The number of nitrogens with one attached hydrogen (secondary N) is 2. The summed E-state index contributed by atoms with van der Waals surface area (Å²) in [6.07, 6.45) is 0.927. The van der Waals surface area contributed by atoms with Crippen molar-refractivity contribution in [1.29, 1.82) is 0 Å². The first-order chi connectivity index (χ1) is 11.5. The lowest BCUT2D eigenvalue weighted by Crippen LogP contribution is -2.29. The van der Waals surface area contributed by atoms with E-state index >= 15 is 0 Å². The van der Waals surface area contributed by atoms with Gasteiger partial charge in [0.05, 0.1) is 5.69 Å². The van der Waals surface area contributed by atoms with E-state index in [1.807, 2.05) is 0 Å². The van der Waals surface area contributed by atoms with E-state index in [1.165, 1.54) is 18.2 Å². The number of rotatable bonds is 7. The van der Waals surface area contributed by atoms with E-state index in [2.05, 4.69) is 26.6 Å². The largest absolute Gasteiger partial charge is 0.362 e. The molecule has 0 unspecified atom stereocenters. The Balaban J connectivity index is 1.60. The van der Waals surface area contributed by atoms with Gasteiger partial charge in [-0.15, -0.1) is 0 Å². The molecule has 0 radical (unpaired) electrons. The Morgan fingerprint density at radius 1 is 1.12 bits per heavy atom. The summed E-state index contributed by atoms with van der Waals surface area (Å²) in [6.45, 7) is 0.709. The second kappa shape index (κ2) is 9.96. The molecular formula is C17H17BrF2N2S2. The highest BCUT2D eigenvalue weighted by Crippen LogP contribution is 2.19. The summed E-state index contributed by atoms with van der Waals surface area (Å²) < 4.78 is 27.2. The van der Waals surface area contributed by atoms with Gasteiger partial charge in [-0.05, 0) is 60.3 Å². The zero-order valence-electron chi connectivity index (χ0n) is 12.8. The van der Waals surface area contributed by atoms with Gasteiger partial charge >= 0.3 is 0 Å². The van der Waals surface area contributed by atoms with E-state index in [0.29, 0.717) is 21.8 Å². The van der Waals surface area contributed by atoms with Crippen LogP contribution < -0.4 is 10.6 Å². The fraction of sp³-hybridized carbons (Fsp3) is 0.235. The summed E-state index contributed by atoms with van der Waals surface area (Å²) in [5, 5.41) is 6.30. The normalized spacial score (nSPS) is 10.5. The molecule has 128 valence electrons. The molecule has 0 aliphatic heterocycles. The third-order valence-corrected chi connectivity index (χ3v) is 4.97. The molecule has 0 aliphatic rings. The average molecular weight is 431 g/mol. The molecule has 0 bridgehead atoms. The van der Waals surface area contributed by atoms with E-state index in [-0.39, 0.29) is 11.6 Å². The van der Waals surface area contributed by atoms with Gasteiger partial charge in [0.2, 0.25) is 0 Å². The molecule has 2 aromatic rings. The number of thioether (sulfide) groups is 1. The molecular weight excluding hydrogens is 414 g/mol. The van der Waals surface area contributed by atoms with Crippen LogP contribution in [-0.2, 0) is 5.75 Å². The minimum atomic E-state index is -0.358. The van der Waals surface area contributed by atoms with E-state index < -0.39 is 0 Å². The summed E-state index contributed by atoms with van der Waals surface area (Å²) >= 11 is 10.1. The van der Waals surface area contributed by atoms with Crippen molar-refractivity contribution in [3.05, 3.63) is 64.1 Å². The zero-order chi connectivity index (χ0) is 17.4. The standard InChI is InChI=1S/C17H17BrF2N2S2/c18-13-4-7-16(15(20)10-13)22-17(23)21-8-1-9-24-11-12-2-5-14(19)6-3-12/h2-7,10H,1,8-9,11H2,(H2,21,22,23). The fourth-order valence-corrected chi connectivity index (χ4v) is 3.37. The van der Waals surface area contributed by atoms with Crippen molar-refractivity contribution in [3.63, 3.8) is 0 Å². The summed E-state index contributed by atoms with van der Waals surface area (Å²) in [7, 11) is 0. The van der Waals surface area contributed by atoms with E-state index in [4.69, 9.17) is 12.2 Å². The molecule has 2 aromatic carbocycles. The molecule has 7 heteroatoms. The quantitative estimate of drug-likeness (QED) is 0.457. The van der Waals surface area contributed by atoms with Gasteiger partial charge in [-0.25, -0.2) is 8.78 Å². The monoisotopic (exact) mass is 430 g/mol. The van der Waals surface area contributed by atoms with Gasteiger partial charge in [0.15, 0.2) is 5.11 Å². The number of halogens is 3. The minimum Gasteiger partial charge on any atom is -0.362 e.